The lowest BCUT2D eigenvalue weighted by molar-refractivity contribution is 0.919. The van der Waals surface area contributed by atoms with Crippen LogP contribution in [0.1, 0.15) is 22.7 Å². The number of rotatable bonds is 3. The molecule has 22 heavy (non-hydrogen) atoms. The minimum atomic E-state index is 0. The first-order valence-electron chi connectivity index (χ1n) is 6.66. The van der Waals surface area contributed by atoms with Gasteiger partial charge in [0.1, 0.15) is 0 Å². The normalized spacial score (nSPS) is 9.68. The zero-order valence-corrected chi connectivity index (χ0v) is 13.6. The van der Waals surface area contributed by atoms with E-state index in [-0.39, 0.29) is 30.7 Å². The number of benzene rings is 2. The molecule has 0 spiro atoms. The van der Waals surface area contributed by atoms with Crippen molar-refractivity contribution in [1.29, 1.82) is 0 Å². The number of anilines is 1. The van der Waals surface area contributed by atoms with Crippen molar-refractivity contribution in [1.82, 2.24) is 4.98 Å². The largest absolute Gasteiger partial charge is 0.397 e. The van der Waals surface area contributed by atoms with E-state index in [0.717, 1.165) is 5.69 Å². The van der Waals surface area contributed by atoms with Crippen LogP contribution in [0, 0.1) is 0 Å². The predicted molar refractivity (Wildman–Crippen MR) is 97.0 cm³/mol. The highest BCUT2D eigenvalue weighted by atomic mass is 35.5. The molecule has 1 aromatic heterocycles. The fourth-order valence-electron chi connectivity index (χ4n) is 2.41. The van der Waals surface area contributed by atoms with Crippen LogP contribution in [-0.4, -0.2) is 4.98 Å². The molecule has 2 aromatic carbocycles. The van der Waals surface area contributed by atoms with E-state index in [1.807, 2.05) is 24.3 Å². The van der Waals surface area contributed by atoms with E-state index in [9.17, 15) is 0 Å². The van der Waals surface area contributed by atoms with Crippen molar-refractivity contribution < 1.29 is 0 Å². The summed E-state index contributed by atoms with van der Waals surface area (Å²) < 4.78 is 0. The van der Waals surface area contributed by atoms with Gasteiger partial charge < -0.3 is 5.73 Å². The molecule has 4 heteroatoms. The molecule has 0 aliphatic carbocycles. The topological polar surface area (TPSA) is 38.9 Å². The van der Waals surface area contributed by atoms with Crippen molar-refractivity contribution in [2.45, 2.75) is 5.92 Å². The first-order valence-corrected chi connectivity index (χ1v) is 6.66. The summed E-state index contributed by atoms with van der Waals surface area (Å²) in [4.78, 5) is 4.51. The number of hydrogen-bond donors (Lipinski definition) is 1. The first-order chi connectivity index (χ1) is 9.84. The summed E-state index contributed by atoms with van der Waals surface area (Å²) >= 11 is 0. The van der Waals surface area contributed by atoms with Gasteiger partial charge in [-0.25, -0.2) is 0 Å². The maximum Gasteiger partial charge on any atom is 0.0524 e. The van der Waals surface area contributed by atoms with Crippen LogP contribution in [0.25, 0.3) is 0 Å². The Morgan fingerprint density at radius 1 is 0.682 bits per heavy atom. The van der Waals surface area contributed by atoms with Gasteiger partial charge in [-0.1, -0.05) is 60.7 Å². The van der Waals surface area contributed by atoms with Crippen LogP contribution in [0.15, 0.2) is 79.0 Å². The van der Waals surface area contributed by atoms with Crippen LogP contribution in [0.5, 0.6) is 0 Å². The fraction of sp³-hybridized carbons (Fsp3) is 0.0556. The number of aromatic nitrogens is 1. The van der Waals surface area contributed by atoms with Crippen molar-refractivity contribution in [3.05, 3.63) is 95.8 Å². The molecule has 3 rings (SSSR count). The molecule has 0 atom stereocenters. The third kappa shape index (κ3) is 4.00. The highest BCUT2D eigenvalue weighted by Crippen LogP contribution is 2.30. The summed E-state index contributed by atoms with van der Waals surface area (Å²) in [5.41, 5.74) is 9.91. The van der Waals surface area contributed by atoms with Gasteiger partial charge in [-0.05, 0) is 23.3 Å². The Morgan fingerprint density at radius 3 is 1.59 bits per heavy atom. The van der Waals surface area contributed by atoms with Crippen LogP contribution in [0.4, 0.5) is 5.69 Å². The third-order valence-electron chi connectivity index (χ3n) is 3.37. The maximum atomic E-state index is 5.74. The van der Waals surface area contributed by atoms with Crippen LogP contribution in [-0.2, 0) is 0 Å². The van der Waals surface area contributed by atoms with Gasteiger partial charge in [0.2, 0.25) is 0 Å². The smallest absolute Gasteiger partial charge is 0.0524 e. The predicted octanol–water partition coefficient (Wildman–Crippen LogP) is 4.69. The molecule has 0 saturated heterocycles. The molecule has 0 aliphatic heterocycles. The van der Waals surface area contributed by atoms with Gasteiger partial charge in [-0.3, -0.25) is 4.98 Å². The van der Waals surface area contributed by atoms with Gasteiger partial charge in [0.15, 0.2) is 0 Å². The Morgan fingerprint density at radius 2 is 1.18 bits per heavy atom. The van der Waals surface area contributed by atoms with Gasteiger partial charge in [0, 0.05) is 0 Å². The zero-order chi connectivity index (χ0) is 13.8. The van der Waals surface area contributed by atoms with Crippen LogP contribution in [0.2, 0.25) is 0 Å². The van der Waals surface area contributed by atoms with E-state index in [1.165, 1.54) is 11.1 Å². The summed E-state index contributed by atoms with van der Waals surface area (Å²) in [5, 5.41) is 0. The monoisotopic (exact) mass is 332 g/mol. The van der Waals surface area contributed by atoms with Crippen molar-refractivity contribution in [3.63, 3.8) is 0 Å². The fourth-order valence-corrected chi connectivity index (χ4v) is 2.41. The zero-order valence-electron chi connectivity index (χ0n) is 11.9. The second-order valence-corrected chi connectivity index (χ2v) is 4.77. The van der Waals surface area contributed by atoms with E-state index in [0.29, 0.717) is 5.69 Å². The average molecular weight is 333 g/mol. The Labute approximate surface area is 143 Å². The van der Waals surface area contributed by atoms with E-state index < -0.39 is 0 Å². The summed E-state index contributed by atoms with van der Waals surface area (Å²) in [5.74, 6) is 0.137. The second-order valence-electron chi connectivity index (χ2n) is 4.77. The number of nitrogens with two attached hydrogens (primary N) is 1. The lowest BCUT2D eigenvalue weighted by Crippen LogP contribution is -2.05. The number of halogens is 2. The van der Waals surface area contributed by atoms with Crippen LogP contribution >= 0.6 is 24.8 Å². The van der Waals surface area contributed by atoms with E-state index in [1.54, 1.807) is 6.20 Å². The van der Waals surface area contributed by atoms with Crippen molar-refractivity contribution in [2.75, 3.05) is 5.73 Å². The second kappa shape index (κ2) is 8.42. The summed E-state index contributed by atoms with van der Waals surface area (Å²) in [6.45, 7) is 0. The molecule has 0 fully saturated rings. The molecule has 0 unspecified atom stereocenters. The lowest BCUT2D eigenvalue weighted by atomic mass is 9.88. The Kier molecular flexibility index (Phi) is 6.90. The SMILES string of the molecule is Cl.Cl.Nc1ccc(C(c2ccccc2)c2ccccc2)nc1. The molecule has 2 nitrogen and oxygen atoms in total. The van der Waals surface area contributed by atoms with Gasteiger partial charge in [-0.2, -0.15) is 0 Å². The van der Waals surface area contributed by atoms with Gasteiger partial charge in [0.05, 0.1) is 23.5 Å². The van der Waals surface area contributed by atoms with E-state index in [4.69, 9.17) is 5.73 Å². The maximum absolute atomic E-state index is 5.74. The molecule has 1 heterocycles. The molecule has 114 valence electrons. The van der Waals surface area contributed by atoms with Crippen molar-refractivity contribution in [2.24, 2.45) is 0 Å². The Bertz CT molecular complexity index is 631. The Balaban J connectivity index is 0.00000121. The molecule has 0 amide bonds. The number of pyridine rings is 1. The summed E-state index contributed by atoms with van der Waals surface area (Å²) in [6.07, 6.45) is 1.72. The van der Waals surface area contributed by atoms with Gasteiger partial charge in [-0.15, -0.1) is 24.8 Å². The van der Waals surface area contributed by atoms with Gasteiger partial charge >= 0.3 is 0 Å². The average Bonchev–Trinajstić information content (AvgIpc) is 2.52. The van der Waals surface area contributed by atoms with Gasteiger partial charge in [0.25, 0.3) is 0 Å². The lowest BCUT2D eigenvalue weighted by Gasteiger charge is -2.17. The molecule has 0 bridgehead atoms. The Hall–Kier alpha value is -2.03. The number of hydrogen-bond acceptors (Lipinski definition) is 2. The highest BCUT2D eigenvalue weighted by molar-refractivity contribution is 5.85. The molecular formula is C18H18Cl2N2. The van der Waals surface area contributed by atoms with Crippen LogP contribution in [0.3, 0.4) is 0 Å². The molecule has 0 radical (unpaired) electrons. The molecule has 3 aromatic rings. The quantitative estimate of drug-likeness (QED) is 0.755. The third-order valence-corrected chi connectivity index (χ3v) is 3.37. The molecule has 0 aliphatic rings. The van der Waals surface area contributed by atoms with E-state index >= 15 is 0 Å². The molecular weight excluding hydrogens is 315 g/mol. The number of nitrogens with zero attached hydrogens (tertiary/aromatic N) is 1. The molecule has 2 N–H and O–H groups in total. The summed E-state index contributed by atoms with van der Waals surface area (Å²) in [7, 11) is 0. The van der Waals surface area contributed by atoms with Crippen molar-refractivity contribution >= 4 is 30.5 Å². The summed E-state index contributed by atoms with van der Waals surface area (Å²) in [6, 6.07) is 24.7. The van der Waals surface area contributed by atoms with Crippen LogP contribution < -0.4 is 5.73 Å². The highest BCUT2D eigenvalue weighted by Gasteiger charge is 2.17. The van der Waals surface area contributed by atoms with E-state index in [2.05, 4.69) is 53.5 Å². The van der Waals surface area contributed by atoms with Crippen molar-refractivity contribution in [3.8, 4) is 0 Å². The minimum Gasteiger partial charge on any atom is -0.397 e. The number of nitrogen functional groups attached to an aromatic ring is 1. The molecule has 0 saturated carbocycles. The first kappa shape index (κ1) is 18.0. The standard InChI is InChI=1S/C18H16N2.2ClH/c19-16-11-12-17(20-13-16)18(14-7-3-1-4-8-14)15-9-5-2-6-10-15;;/h1-13,18H,19H2;2*1H. The minimum absolute atomic E-state index is 0.